The van der Waals surface area contributed by atoms with Gasteiger partial charge >= 0.3 is 0 Å². The summed E-state index contributed by atoms with van der Waals surface area (Å²) in [4.78, 5) is 16.0. The van der Waals surface area contributed by atoms with Crippen LogP contribution in [-0.4, -0.2) is 38.0 Å². The number of likely N-dealkylation sites (N-methyl/N-ethyl adjacent to an activating group) is 1. The van der Waals surface area contributed by atoms with E-state index in [-0.39, 0.29) is 5.91 Å². The first-order valence-electron chi connectivity index (χ1n) is 5.81. The normalized spacial score (nSPS) is 15.3. The molecule has 1 heterocycles. The van der Waals surface area contributed by atoms with E-state index in [9.17, 15) is 4.79 Å². The van der Waals surface area contributed by atoms with Gasteiger partial charge in [-0.25, -0.2) is 0 Å². The van der Waals surface area contributed by atoms with Gasteiger partial charge in [0.05, 0.1) is 0 Å². The molecule has 1 amide bonds. The Hall–Kier alpha value is -0.870. The third kappa shape index (κ3) is 2.87. The minimum absolute atomic E-state index is 0.238. The fourth-order valence-corrected chi connectivity index (χ4v) is 2.48. The van der Waals surface area contributed by atoms with Gasteiger partial charge in [-0.15, -0.1) is 0 Å². The van der Waals surface area contributed by atoms with Crippen molar-refractivity contribution in [3.8, 4) is 0 Å². The summed E-state index contributed by atoms with van der Waals surface area (Å²) in [5.74, 6) is 0.238. The number of carbonyl (C=O) groups is 1. The fraction of sp³-hybridized carbons (Fsp3) is 0.462. The molecule has 3 nitrogen and oxygen atoms in total. The van der Waals surface area contributed by atoms with Crippen molar-refractivity contribution in [3.63, 3.8) is 0 Å². The Morgan fingerprint density at radius 2 is 2.12 bits per heavy atom. The molecule has 0 aliphatic carbocycles. The van der Waals surface area contributed by atoms with Crippen LogP contribution in [0.4, 0.5) is 5.69 Å². The van der Waals surface area contributed by atoms with E-state index in [0.29, 0.717) is 6.42 Å². The van der Waals surface area contributed by atoms with Gasteiger partial charge in [-0.05, 0) is 44.3 Å². The number of aryl methyl sites for hydroxylation is 1. The molecule has 1 aliphatic rings. The van der Waals surface area contributed by atoms with Crippen molar-refractivity contribution in [3.05, 3.63) is 28.2 Å². The average Bonchev–Trinajstić information content (AvgIpc) is 2.27. The monoisotopic (exact) mass is 296 g/mol. The largest absolute Gasteiger partial charge is 0.311 e. The average molecular weight is 297 g/mol. The molecule has 1 aromatic carbocycles. The van der Waals surface area contributed by atoms with Crippen LogP contribution in [0.15, 0.2) is 22.7 Å². The summed E-state index contributed by atoms with van der Waals surface area (Å²) in [6.45, 7) is 1.65. The van der Waals surface area contributed by atoms with Crippen LogP contribution in [0.1, 0.15) is 12.0 Å². The van der Waals surface area contributed by atoms with Crippen molar-refractivity contribution in [2.24, 2.45) is 0 Å². The molecule has 0 unspecified atom stereocenters. The standard InChI is InChI=1S/C13H17BrN2O/c1-15(2)7-8-16-12-5-4-11(14)9-10(12)3-6-13(16)17/h4-5,9H,3,6-8H2,1-2H3. The molecule has 4 heteroatoms. The highest BCUT2D eigenvalue weighted by Crippen LogP contribution is 2.30. The van der Waals surface area contributed by atoms with E-state index in [1.807, 2.05) is 31.1 Å². The van der Waals surface area contributed by atoms with Crippen molar-refractivity contribution in [2.45, 2.75) is 12.8 Å². The molecule has 1 aliphatic heterocycles. The summed E-state index contributed by atoms with van der Waals surface area (Å²) in [5, 5.41) is 0. The van der Waals surface area contributed by atoms with Crippen molar-refractivity contribution in [1.82, 2.24) is 4.90 Å². The molecule has 0 saturated carbocycles. The Morgan fingerprint density at radius 1 is 1.35 bits per heavy atom. The second-order valence-electron chi connectivity index (χ2n) is 4.62. The Morgan fingerprint density at radius 3 is 2.82 bits per heavy atom. The third-order valence-corrected chi connectivity index (χ3v) is 3.51. The van der Waals surface area contributed by atoms with E-state index in [0.717, 1.165) is 29.7 Å². The summed E-state index contributed by atoms with van der Waals surface area (Å²) < 4.78 is 1.08. The van der Waals surface area contributed by atoms with Gasteiger partial charge in [-0.2, -0.15) is 0 Å². The quantitative estimate of drug-likeness (QED) is 0.854. The van der Waals surface area contributed by atoms with Gasteiger partial charge in [0, 0.05) is 29.7 Å². The summed E-state index contributed by atoms with van der Waals surface area (Å²) in [6.07, 6.45) is 1.48. The highest BCUT2D eigenvalue weighted by molar-refractivity contribution is 9.10. The number of halogens is 1. The third-order valence-electron chi connectivity index (χ3n) is 3.01. The van der Waals surface area contributed by atoms with Crippen LogP contribution in [0.3, 0.4) is 0 Å². The lowest BCUT2D eigenvalue weighted by Crippen LogP contribution is -2.39. The first-order chi connectivity index (χ1) is 8.08. The minimum Gasteiger partial charge on any atom is -0.311 e. The number of benzene rings is 1. The Labute approximate surface area is 111 Å². The lowest BCUT2D eigenvalue weighted by Gasteiger charge is -2.30. The van der Waals surface area contributed by atoms with E-state index in [2.05, 4.69) is 26.9 Å². The number of anilines is 1. The highest BCUT2D eigenvalue weighted by Gasteiger charge is 2.23. The van der Waals surface area contributed by atoms with Crippen LogP contribution in [0.5, 0.6) is 0 Å². The first kappa shape index (κ1) is 12.6. The number of rotatable bonds is 3. The second-order valence-corrected chi connectivity index (χ2v) is 5.54. The molecular formula is C13H17BrN2O. The summed E-state index contributed by atoms with van der Waals surface area (Å²) >= 11 is 3.48. The number of hydrogen-bond acceptors (Lipinski definition) is 2. The van der Waals surface area contributed by atoms with Gasteiger partial charge in [-0.1, -0.05) is 15.9 Å². The fourth-order valence-electron chi connectivity index (χ4n) is 2.07. The maximum atomic E-state index is 12.0. The van der Waals surface area contributed by atoms with E-state index >= 15 is 0 Å². The highest BCUT2D eigenvalue weighted by atomic mass is 79.9. The summed E-state index contributed by atoms with van der Waals surface area (Å²) in [7, 11) is 4.05. The van der Waals surface area contributed by atoms with Gasteiger partial charge in [0.15, 0.2) is 0 Å². The predicted molar refractivity (Wildman–Crippen MR) is 73.4 cm³/mol. The summed E-state index contributed by atoms with van der Waals surface area (Å²) in [5.41, 5.74) is 2.34. The van der Waals surface area contributed by atoms with Crippen LogP contribution < -0.4 is 4.90 Å². The van der Waals surface area contributed by atoms with Gasteiger partial charge in [0.25, 0.3) is 0 Å². The summed E-state index contributed by atoms with van der Waals surface area (Å²) in [6, 6.07) is 6.15. The van der Waals surface area contributed by atoms with Crippen LogP contribution in [-0.2, 0) is 11.2 Å². The number of hydrogen-bond donors (Lipinski definition) is 0. The Kier molecular flexibility index (Phi) is 3.84. The SMILES string of the molecule is CN(C)CCN1C(=O)CCc2cc(Br)ccc21. The molecule has 0 spiro atoms. The van der Waals surface area contributed by atoms with E-state index in [1.54, 1.807) is 0 Å². The van der Waals surface area contributed by atoms with E-state index in [4.69, 9.17) is 0 Å². The molecule has 17 heavy (non-hydrogen) atoms. The zero-order valence-corrected chi connectivity index (χ0v) is 11.8. The van der Waals surface area contributed by atoms with Crippen molar-refractivity contribution in [2.75, 3.05) is 32.1 Å². The van der Waals surface area contributed by atoms with Gasteiger partial charge in [-0.3, -0.25) is 4.79 Å². The Balaban J connectivity index is 2.24. The molecule has 0 saturated heterocycles. The molecule has 92 valence electrons. The van der Waals surface area contributed by atoms with Crippen LogP contribution in [0.2, 0.25) is 0 Å². The molecule has 0 aromatic heterocycles. The molecule has 2 rings (SSSR count). The van der Waals surface area contributed by atoms with Gasteiger partial charge in [0.1, 0.15) is 0 Å². The van der Waals surface area contributed by atoms with Gasteiger partial charge < -0.3 is 9.80 Å². The van der Waals surface area contributed by atoms with Crippen LogP contribution in [0, 0.1) is 0 Å². The zero-order valence-electron chi connectivity index (χ0n) is 10.2. The molecule has 1 aromatic rings. The number of amides is 1. The molecule has 0 radical (unpaired) electrons. The minimum atomic E-state index is 0.238. The first-order valence-corrected chi connectivity index (χ1v) is 6.61. The molecule has 0 N–H and O–H groups in total. The second kappa shape index (κ2) is 5.19. The predicted octanol–water partition coefficient (Wildman–Crippen LogP) is 2.29. The van der Waals surface area contributed by atoms with Crippen molar-refractivity contribution < 1.29 is 4.79 Å². The molecule has 0 atom stereocenters. The van der Waals surface area contributed by atoms with E-state index < -0.39 is 0 Å². The Bertz CT molecular complexity index is 431. The number of carbonyl (C=O) groups excluding carboxylic acids is 1. The molecule has 0 fully saturated rings. The van der Waals surface area contributed by atoms with Crippen molar-refractivity contribution in [1.29, 1.82) is 0 Å². The van der Waals surface area contributed by atoms with Crippen LogP contribution >= 0.6 is 15.9 Å². The maximum absolute atomic E-state index is 12.0. The number of fused-ring (bicyclic) bond motifs is 1. The van der Waals surface area contributed by atoms with E-state index in [1.165, 1.54) is 5.56 Å². The van der Waals surface area contributed by atoms with Gasteiger partial charge in [0.2, 0.25) is 5.91 Å². The topological polar surface area (TPSA) is 23.6 Å². The lowest BCUT2D eigenvalue weighted by molar-refractivity contribution is -0.118. The zero-order chi connectivity index (χ0) is 12.4. The number of nitrogens with zero attached hydrogens (tertiary/aromatic N) is 2. The van der Waals surface area contributed by atoms with Crippen LogP contribution in [0.25, 0.3) is 0 Å². The molecular weight excluding hydrogens is 280 g/mol. The lowest BCUT2D eigenvalue weighted by atomic mass is 10.0. The smallest absolute Gasteiger partial charge is 0.227 e. The maximum Gasteiger partial charge on any atom is 0.227 e. The molecule has 0 bridgehead atoms. The van der Waals surface area contributed by atoms with Crippen molar-refractivity contribution >= 4 is 27.5 Å².